The van der Waals surface area contributed by atoms with Gasteiger partial charge in [-0.2, -0.15) is 0 Å². The largest absolute Gasteiger partial charge is 0.480 e. The van der Waals surface area contributed by atoms with Crippen molar-refractivity contribution in [3.8, 4) is 5.75 Å². The van der Waals surface area contributed by atoms with Crippen molar-refractivity contribution >= 4 is 28.1 Å². The molecule has 1 aromatic carbocycles. The Hall–Kier alpha value is -1.36. The minimum absolute atomic E-state index is 0.104. The summed E-state index contributed by atoms with van der Waals surface area (Å²) in [5.74, 6) is 0.350. The van der Waals surface area contributed by atoms with E-state index in [1.165, 1.54) is 0 Å². The first kappa shape index (κ1) is 13.1. The summed E-state index contributed by atoms with van der Waals surface area (Å²) in [5, 5.41) is 2.80. The lowest BCUT2D eigenvalue weighted by Crippen LogP contribution is -2.36. The summed E-state index contributed by atoms with van der Waals surface area (Å²) in [7, 11) is 0. The molecule has 1 aromatic rings. The molecule has 0 aliphatic carbocycles. The first-order valence-electron chi connectivity index (χ1n) is 5.90. The molecule has 1 fully saturated rings. The van der Waals surface area contributed by atoms with Crippen LogP contribution in [0.5, 0.6) is 5.75 Å². The molecule has 1 amide bonds. The topological polar surface area (TPSA) is 55.4 Å². The van der Waals surface area contributed by atoms with Gasteiger partial charge in [0.05, 0.1) is 5.56 Å². The molecule has 1 saturated heterocycles. The van der Waals surface area contributed by atoms with Gasteiger partial charge in [-0.1, -0.05) is 15.9 Å². The van der Waals surface area contributed by atoms with Crippen LogP contribution in [0.2, 0.25) is 0 Å². The van der Waals surface area contributed by atoms with Gasteiger partial charge in [0.25, 0.3) is 5.91 Å². The van der Waals surface area contributed by atoms with Crippen LogP contribution in [0, 0.1) is 0 Å². The second-order valence-corrected chi connectivity index (χ2v) is 5.11. The molecule has 1 aliphatic heterocycles. The van der Waals surface area contributed by atoms with Gasteiger partial charge in [-0.15, -0.1) is 0 Å². The predicted molar refractivity (Wildman–Crippen MR) is 70.8 cm³/mol. The van der Waals surface area contributed by atoms with E-state index < -0.39 is 6.10 Å². The number of carbonyl (C=O) groups excluding carboxylic acids is 2. The average molecular weight is 312 g/mol. The molecule has 5 heteroatoms. The highest BCUT2D eigenvalue weighted by Gasteiger charge is 2.23. The van der Waals surface area contributed by atoms with Crippen LogP contribution in [-0.4, -0.2) is 24.8 Å². The lowest BCUT2D eigenvalue weighted by Gasteiger charge is -2.17. The fourth-order valence-electron chi connectivity index (χ4n) is 1.90. The molecule has 0 bridgehead atoms. The van der Waals surface area contributed by atoms with Crippen molar-refractivity contribution in [3.63, 3.8) is 0 Å². The Morgan fingerprint density at radius 1 is 1.39 bits per heavy atom. The molecule has 1 heterocycles. The molecular weight excluding hydrogens is 298 g/mol. The number of rotatable bonds is 3. The molecule has 1 unspecified atom stereocenters. The maximum atomic E-state index is 11.8. The number of amides is 1. The van der Waals surface area contributed by atoms with Gasteiger partial charge in [0, 0.05) is 11.0 Å². The molecule has 0 spiro atoms. The fourth-order valence-corrected chi connectivity index (χ4v) is 2.27. The average Bonchev–Trinajstić information content (AvgIpc) is 2.57. The second-order valence-electron chi connectivity index (χ2n) is 4.19. The third kappa shape index (κ3) is 3.10. The number of nitrogens with one attached hydrogen (secondary N) is 1. The highest BCUT2D eigenvalue weighted by atomic mass is 79.9. The highest BCUT2D eigenvalue weighted by molar-refractivity contribution is 9.10. The van der Waals surface area contributed by atoms with E-state index in [4.69, 9.17) is 4.74 Å². The van der Waals surface area contributed by atoms with E-state index in [1.807, 2.05) is 0 Å². The smallest absolute Gasteiger partial charge is 0.261 e. The number of hydrogen-bond acceptors (Lipinski definition) is 3. The molecule has 0 radical (unpaired) electrons. The number of ether oxygens (including phenoxy) is 1. The van der Waals surface area contributed by atoms with E-state index >= 15 is 0 Å². The van der Waals surface area contributed by atoms with Crippen LogP contribution in [0.4, 0.5) is 0 Å². The maximum absolute atomic E-state index is 11.8. The Kier molecular flexibility index (Phi) is 4.36. The molecule has 1 N–H and O–H groups in total. The van der Waals surface area contributed by atoms with Gasteiger partial charge in [0.15, 0.2) is 12.4 Å². The SMILES string of the molecule is O=Cc1cc(Br)ccc1OC1CCCCNC1=O. The summed E-state index contributed by atoms with van der Waals surface area (Å²) in [6.07, 6.45) is 2.81. The van der Waals surface area contributed by atoms with E-state index in [-0.39, 0.29) is 5.91 Å². The summed E-state index contributed by atoms with van der Waals surface area (Å²) in [6, 6.07) is 5.17. The second kappa shape index (κ2) is 6.00. The Morgan fingerprint density at radius 3 is 3.00 bits per heavy atom. The predicted octanol–water partition coefficient (Wildman–Crippen LogP) is 2.31. The number of benzene rings is 1. The third-order valence-electron chi connectivity index (χ3n) is 2.85. The van der Waals surface area contributed by atoms with E-state index in [2.05, 4.69) is 21.2 Å². The summed E-state index contributed by atoms with van der Waals surface area (Å²) in [4.78, 5) is 22.7. The molecule has 96 valence electrons. The van der Waals surface area contributed by atoms with Crippen LogP contribution in [0.1, 0.15) is 29.6 Å². The summed E-state index contributed by atoms with van der Waals surface area (Å²) in [6.45, 7) is 0.694. The van der Waals surface area contributed by atoms with Gasteiger partial charge in [-0.3, -0.25) is 9.59 Å². The molecule has 1 aliphatic rings. The maximum Gasteiger partial charge on any atom is 0.261 e. The number of halogens is 1. The minimum atomic E-state index is -0.507. The molecule has 2 rings (SSSR count). The van der Waals surface area contributed by atoms with Crippen molar-refractivity contribution in [2.45, 2.75) is 25.4 Å². The number of aldehydes is 1. The zero-order valence-corrected chi connectivity index (χ0v) is 11.4. The van der Waals surface area contributed by atoms with Gasteiger partial charge < -0.3 is 10.1 Å². The molecule has 0 aromatic heterocycles. The minimum Gasteiger partial charge on any atom is -0.480 e. The van der Waals surface area contributed by atoms with E-state index in [1.54, 1.807) is 18.2 Å². The van der Waals surface area contributed by atoms with Gasteiger partial charge in [-0.25, -0.2) is 0 Å². The monoisotopic (exact) mass is 311 g/mol. The van der Waals surface area contributed by atoms with Crippen molar-refractivity contribution in [2.24, 2.45) is 0 Å². The van der Waals surface area contributed by atoms with Crippen LogP contribution >= 0.6 is 15.9 Å². The van der Waals surface area contributed by atoms with Crippen molar-refractivity contribution in [3.05, 3.63) is 28.2 Å². The Balaban J connectivity index is 2.17. The highest BCUT2D eigenvalue weighted by Crippen LogP contribution is 2.24. The lowest BCUT2D eigenvalue weighted by atomic mass is 10.1. The van der Waals surface area contributed by atoms with Crippen LogP contribution < -0.4 is 10.1 Å². The molecule has 0 saturated carbocycles. The summed E-state index contributed by atoms with van der Waals surface area (Å²) in [5.41, 5.74) is 0.446. The molecule has 1 atom stereocenters. The van der Waals surface area contributed by atoms with Crippen LogP contribution in [0.25, 0.3) is 0 Å². The van der Waals surface area contributed by atoms with Crippen molar-refractivity contribution in [1.82, 2.24) is 5.32 Å². The molecular formula is C13H14BrNO3. The van der Waals surface area contributed by atoms with E-state index in [0.717, 1.165) is 23.6 Å². The van der Waals surface area contributed by atoms with Gasteiger partial charge in [0.1, 0.15) is 5.75 Å². The first-order valence-corrected chi connectivity index (χ1v) is 6.69. The first-order chi connectivity index (χ1) is 8.70. The van der Waals surface area contributed by atoms with Crippen molar-refractivity contribution in [1.29, 1.82) is 0 Å². The van der Waals surface area contributed by atoms with E-state index in [0.29, 0.717) is 24.3 Å². The summed E-state index contributed by atoms with van der Waals surface area (Å²) < 4.78 is 6.47. The Labute approximate surface area is 114 Å². The zero-order chi connectivity index (χ0) is 13.0. The Bertz CT molecular complexity index is 462. The van der Waals surface area contributed by atoms with Crippen molar-refractivity contribution < 1.29 is 14.3 Å². The lowest BCUT2D eigenvalue weighted by molar-refractivity contribution is -0.127. The number of carbonyl (C=O) groups is 2. The van der Waals surface area contributed by atoms with Gasteiger partial charge in [0.2, 0.25) is 0 Å². The molecule has 4 nitrogen and oxygen atoms in total. The fraction of sp³-hybridized carbons (Fsp3) is 0.385. The normalized spacial score (nSPS) is 19.8. The van der Waals surface area contributed by atoms with Gasteiger partial charge in [-0.05, 0) is 37.5 Å². The molecule has 18 heavy (non-hydrogen) atoms. The van der Waals surface area contributed by atoms with E-state index in [9.17, 15) is 9.59 Å². The standard InChI is InChI=1S/C13H14BrNO3/c14-10-4-5-11(9(7-10)8-16)18-12-3-1-2-6-15-13(12)17/h4-5,7-8,12H,1-3,6H2,(H,15,17). The third-order valence-corrected chi connectivity index (χ3v) is 3.35. The van der Waals surface area contributed by atoms with Gasteiger partial charge >= 0.3 is 0 Å². The van der Waals surface area contributed by atoms with Crippen molar-refractivity contribution in [2.75, 3.05) is 6.54 Å². The Morgan fingerprint density at radius 2 is 2.22 bits per heavy atom. The number of hydrogen-bond donors (Lipinski definition) is 1. The quantitative estimate of drug-likeness (QED) is 0.872. The van der Waals surface area contributed by atoms with Crippen LogP contribution in [0.15, 0.2) is 22.7 Å². The summed E-state index contributed by atoms with van der Waals surface area (Å²) >= 11 is 3.29. The van der Waals surface area contributed by atoms with Crippen LogP contribution in [-0.2, 0) is 4.79 Å². The zero-order valence-electron chi connectivity index (χ0n) is 9.82. The van der Waals surface area contributed by atoms with Crippen LogP contribution in [0.3, 0.4) is 0 Å².